The van der Waals surface area contributed by atoms with Gasteiger partial charge in [0.05, 0.1) is 16.1 Å². The first-order valence-corrected chi connectivity index (χ1v) is 9.06. The number of thioether (sulfide) groups is 1. The van der Waals surface area contributed by atoms with Crippen LogP contribution >= 0.6 is 39.0 Å². The number of nitrogens with two attached hydrogens (primary N) is 1. The molecule has 0 aromatic carbocycles. The van der Waals surface area contributed by atoms with Crippen LogP contribution in [0.5, 0.6) is 0 Å². The van der Waals surface area contributed by atoms with Gasteiger partial charge in [-0.05, 0) is 48.0 Å². The third-order valence-electron chi connectivity index (χ3n) is 2.77. The van der Waals surface area contributed by atoms with Crippen LogP contribution in [-0.4, -0.2) is 34.9 Å². The topological polar surface area (TPSA) is 46.3 Å². The fourth-order valence-electron chi connectivity index (χ4n) is 1.62. The van der Waals surface area contributed by atoms with Crippen LogP contribution in [0.25, 0.3) is 0 Å². The van der Waals surface area contributed by atoms with E-state index in [1.165, 1.54) is 4.88 Å². The van der Waals surface area contributed by atoms with Crippen molar-refractivity contribution in [2.24, 2.45) is 5.73 Å². The van der Waals surface area contributed by atoms with Crippen LogP contribution in [0.3, 0.4) is 0 Å². The van der Waals surface area contributed by atoms with E-state index in [1.807, 2.05) is 17.9 Å². The van der Waals surface area contributed by atoms with Crippen molar-refractivity contribution in [1.29, 1.82) is 0 Å². The maximum Gasteiger partial charge on any atom is 0.232 e. The standard InChI is InChI=1S/C13H21BrN2OS2/c1-3-16(8-11-4-5-12(14)19-11)13(17)9-18-10(2)6-7-15/h4-5,10H,3,6-9,15H2,1-2H3. The summed E-state index contributed by atoms with van der Waals surface area (Å²) in [6.07, 6.45) is 0.960. The molecule has 0 saturated heterocycles. The fourth-order valence-corrected chi connectivity index (χ4v) is 4.04. The lowest BCUT2D eigenvalue weighted by molar-refractivity contribution is -0.128. The zero-order valence-electron chi connectivity index (χ0n) is 11.4. The van der Waals surface area contributed by atoms with E-state index in [-0.39, 0.29) is 5.91 Å². The Morgan fingerprint density at radius 2 is 2.32 bits per heavy atom. The molecule has 1 aromatic heterocycles. The summed E-state index contributed by atoms with van der Waals surface area (Å²) in [6.45, 7) is 6.28. The Bertz CT molecular complexity index is 398. The predicted octanol–water partition coefficient (Wildman–Crippen LogP) is 3.33. The number of carbonyl (C=O) groups is 1. The van der Waals surface area contributed by atoms with Gasteiger partial charge in [0.1, 0.15) is 0 Å². The smallest absolute Gasteiger partial charge is 0.232 e. The lowest BCUT2D eigenvalue weighted by Crippen LogP contribution is -2.32. The van der Waals surface area contributed by atoms with E-state index in [0.717, 1.165) is 16.8 Å². The van der Waals surface area contributed by atoms with Crippen LogP contribution in [0.2, 0.25) is 0 Å². The maximum absolute atomic E-state index is 12.2. The average Bonchev–Trinajstić information content (AvgIpc) is 2.79. The van der Waals surface area contributed by atoms with Crippen molar-refractivity contribution in [1.82, 2.24) is 4.90 Å². The molecule has 0 aliphatic carbocycles. The van der Waals surface area contributed by atoms with Crippen molar-refractivity contribution in [3.05, 3.63) is 20.8 Å². The van der Waals surface area contributed by atoms with Gasteiger partial charge in [0, 0.05) is 16.7 Å². The van der Waals surface area contributed by atoms with Crippen molar-refractivity contribution >= 4 is 44.9 Å². The van der Waals surface area contributed by atoms with E-state index >= 15 is 0 Å². The van der Waals surface area contributed by atoms with Crippen molar-refractivity contribution < 1.29 is 4.79 Å². The number of thiophene rings is 1. The zero-order valence-corrected chi connectivity index (χ0v) is 14.6. The van der Waals surface area contributed by atoms with E-state index < -0.39 is 0 Å². The molecule has 0 spiro atoms. The highest BCUT2D eigenvalue weighted by Crippen LogP contribution is 2.23. The number of amides is 1. The van der Waals surface area contributed by atoms with Crippen LogP contribution in [0.15, 0.2) is 15.9 Å². The predicted molar refractivity (Wildman–Crippen MR) is 88.7 cm³/mol. The Morgan fingerprint density at radius 1 is 1.58 bits per heavy atom. The van der Waals surface area contributed by atoms with E-state index in [1.54, 1.807) is 23.1 Å². The molecule has 0 radical (unpaired) electrons. The molecule has 1 aromatic rings. The lowest BCUT2D eigenvalue weighted by atomic mass is 10.3. The molecule has 0 aliphatic rings. The van der Waals surface area contributed by atoms with Gasteiger partial charge in [-0.15, -0.1) is 23.1 Å². The largest absolute Gasteiger partial charge is 0.337 e. The van der Waals surface area contributed by atoms with Gasteiger partial charge in [0.2, 0.25) is 5.91 Å². The van der Waals surface area contributed by atoms with Crippen LogP contribution < -0.4 is 5.73 Å². The van der Waals surface area contributed by atoms with Gasteiger partial charge >= 0.3 is 0 Å². The number of nitrogens with zero attached hydrogens (tertiary/aromatic N) is 1. The molecule has 19 heavy (non-hydrogen) atoms. The quantitative estimate of drug-likeness (QED) is 0.769. The fraction of sp³-hybridized carbons (Fsp3) is 0.615. The van der Waals surface area contributed by atoms with Crippen LogP contribution in [0.4, 0.5) is 0 Å². The highest BCUT2D eigenvalue weighted by Gasteiger charge is 2.14. The first-order valence-electron chi connectivity index (χ1n) is 6.40. The molecule has 1 unspecified atom stereocenters. The second kappa shape index (κ2) is 9.00. The van der Waals surface area contributed by atoms with Crippen LogP contribution in [0.1, 0.15) is 25.1 Å². The summed E-state index contributed by atoms with van der Waals surface area (Å²) in [5, 5.41) is 0.448. The second-order valence-electron chi connectivity index (χ2n) is 4.31. The van der Waals surface area contributed by atoms with Crippen molar-refractivity contribution in [2.75, 3.05) is 18.8 Å². The molecule has 1 amide bonds. The van der Waals surface area contributed by atoms with Gasteiger partial charge in [-0.1, -0.05) is 6.92 Å². The Labute approximate surface area is 132 Å². The van der Waals surface area contributed by atoms with E-state index in [4.69, 9.17) is 5.73 Å². The van der Waals surface area contributed by atoms with Gasteiger partial charge in [0.25, 0.3) is 0 Å². The summed E-state index contributed by atoms with van der Waals surface area (Å²) in [6, 6.07) is 4.09. The molecule has 0 bridgehead atoms. The highest BCUT2D eigenvalue weighted by atomic mass is 79.9. The van der Waals surface area contributed by atoms with Gasteiger partial charge in [-0.3, -0.25) is 4.79 Å². The molecule has 3 nitrogen and oxygen atoms in total. The van der Waals surface area contributed by atoms with Crippen molar-refractivity contribution in [3.8, 4) is 0 Å². The SMILES string of the molecule is CCN(Cc1ccc(Br)s1)C(=O)CSC(C)CCN. The highest BCUT2D eigenvalue weighted by molar-refractivity contribution is 9.11. The van der Waals surface area contributed by atoms with Crippen molar-refractivity contribution in [3.63, 3.8) is 0 Å². The van der Waals surface area contributed by atoms with Gasteiger partial charge in [-0.25, -0.2) is 0 Å². The third kappa shape index (κ3) is 6.29. The third-order valence-corrected chi connectivity index (χ3v) is 5.60. The monoisotopic (exact) mass is 364 g/mol. The van der Waals surface area contributed by atoms with Gasteiger partial charge < -0.3 is 10.6 Å². The Kier molecular flexibility index (Phi) is 8.06. The lowest BCUT2D eigenvalue weighted by Gasteiger charge is -2.21. The molecular weight excluding hydrogens is 344 g/mol. The Hall–Kier alpha value is -0.0400. The first kappa shape index (κ1) is 17.0. The number of carbonyl (C=O) groups excluding carboxylic acids is 1. The first-order chi connectivity index (χ1) is 9.06. The molecule has 2 N–H and O–H groups in total. The Morgan fingerprint density at radius 3 is 2.84 bits per heavy atom. The summed E-state index contributed by atoms with van der Waals surface area (Å²) in [5.74, 6) is 0.752. The van der Waals surface area contributed by atoms with Gasteiger partial charge in [-0.2, -0.15) is 0 Å². The molecule has 108 valence electrons. The molecule has 1 atom stereocenters. The number of halogens is 1. The normalized spacial score (nSPS) is 12.4. The molecule has 1 heterocycles. The summed E-state index contributed by atoms with van der Waals surface area (Å²) in [4.78, 5) is 15.3. The van der Waals surface area contributed by atoms with Crippen LogP contribution in [-0.2, 0) is 11.3 Å². The Balaban J connectivity index is 2.43. The molecule has 1 rings (SSSR count). The number of hydrogen-bond acceptors (Lipinski definition) is 4. The minimum atomic E-state index is 0.209. The van der Waals surface area contributed by atoms with Crippen molar-refractivity contribution in [2.45, 2.75) is 32.1 Å². The molecule has 0 fully saturated rings. The molecular formula is C13H21BrN2OS2. The van der Waals surface area contributed by atoms with E-state index in [0.29, 0.717) is 24.1 Å². The molecule has 0 saturated carbocycles. The summed E-state index contributed by atoms with van der Waals surface area (Å²) in [5.41, 5.74) is 5.51. The second-order valence-corrected chi connectivity index (χ2v) is 8.29. The minimum Gasteiger partial charge on any atom is -0.337 e. The van der Waals surface area contributed by atoms with Crippen LogP contribution in [0, 0.1) is 0 Å². The molecule has 6 heteroatoms. The minimum absolute atomic E-state index is 0.209. The summed E-state index contributed by atoms with van der Waals surface area (Å²) in [7, 11) is 0. The summed E-state index contributed by atoms with van der Waals surface area (Å²) >= 11 is 6.82. The zero-order chi connectivity index (χ0) is 14.3. The maximum atomic E-state index is 12.2. The average molecular weight is 365 g/mol. The molecule has 0 aliphatic heterocycles. The number of hydrogen-bond donors (Lipinski definition) is 1. The van der Waals surface area contributed by atoms with E-state index in [2.05, 4.69) is 28.9 Å². The summed E-state index contributed by atoms with van der Waals surface area (Å²) < 4.78 is 1.11. The van der Waals surface area contributed by atoms with E-state index in [9.17, 15) is 4.79 Å². The van der Waals surface area contributed by atoms with Gasteiger partial charge in [0.15, 0.2) is 0 Å². The number of rotatable bonds is 8.